The number of sulfone groups is 1. The smallest absolute Gasteiger partial charge is 0.261 e. The van der Waals surface area contributed by atoms with E-state index in [1.807, 2.05) is 6.07 Å². The third-order valence-corrected chi connectivity index (χ3v) is 7.36. The van der Waals surface area contributed by atoms with Crippen molar-refractivity contribution in [3.05, 3.63) is 58.8 Å². The van der Waals surface area contributed by atoms with Crippen LogP contribution in [0.4, 0.5) is 5.82 Å². The number of carbonyl (C=O) groups is 1. The second-order valence-electron chi connectivity index (χ2n) is 8.70. The maximum atomic E-state index is 13.4. The average molecular weight is 480 g/mol. The van der Waals surface area contributed by atoms with Crippen LogP contribution in [-0.4, -0.2) is 35.1 Å². The molecule has 3 aromatic rings. The standard InChI is InChI=1S/C24H25N5O4S/c1-34(32,33)18-8-9-19-20(12-18)27-15-29(24(19)31)21(11-16-5-3-2-4-6-16)23(30)28-22-10-7-17(13-25)14-26-22/h7-10,12,14-16,21H,2-6,11H2,1H3,(H,26,28,30). The Labute approximate surface area is 197 Å². The quantitative estimate of drug-likeness (QED) is 0.573. The molecule has 1 unspecified atom stereocenters. The van der Waals surface area contributed by atoms with Crippen LogP contribution in [0.25, 0.3) is 10.9 Å². The maximum Gasteiger partial charge on any atom is 0.261 e. The van der Waals surface area contributed by atoms with Crippen molar-refractivity contribution in [3.8, 4) is 6.07 Å². The lowest BCUT2D eigenvalue weighted by atomic mass is 9.84. The molecular weight excluding hydrogens is 454 g/mol. The van der Waals surface area contributed by atoms with Crippen molar-refractivity contribution in [1.29, 1.82) is 5.26 Å². The fraction of sp³-hybridized carbons (Fsp3) is 0.375. The van der Waals surface area contributed by atoms with Gasteiger partial charge in [-0.05, 0) is 42.7 Å². The SMILES string of the molecule is CS(=O)(=O)c1ccc2c(=O)n(C(CC3CCCCC3)C(=O)Nc3ccc(C#N)cn3)cnc2c1. The number of aromatic nitrogens is 3. The number of hydrogen-bond donors (Lipinski definition) is 1. The third kappa shape index (κ3) is 5.15. The second kappa shape index (κ2) is 9.73. The molecule has 2 aromatic heterocycles. The molecule has 1 atom stereocenters. The van der Waals surface area contributed by atoms with Gasteiger partial charge >= 0.3 is 0 Å². The summed E-state index contributed by atoms with van der Waals surface area (Å²) in [5.41, 5.74) is 0.226. The fourth-order valence-electron chi connectivity index (χ4n) is 4.40. The highest BCUT2D eigenvalue weighted by molar-refractivity contribution is 7.90. The summed E-state index contributed by atoms with van der Waals surface area (Å²) in [7, 11) is -3.45. The van der Waals surface area contributed by atoms with Crippen LogP contribution in [0.2, 0.25) is 0 Å². The highest BCUT2D eigenvalue weighted by atomic mass is 32.2. The van der Waals surface area contributed by atoms with Crippen LogP contribution in [0.3, 0.4) is 0 Å². The number of nitrogens with one attached hydrogen (secondary N) is 1. The molecule has 1 amide bonds. The molecule has 0 bridgehead atoms. The normalized spacial score (nSPS) is 15.5. The van der Waals surface area contributed by atoms with Crippen molar-refractivity contribution >= 4 is 32.5 Å². The summed E-state index contributed by atoms with van der Waals surface area (Å²) < 4.78 is 25.1. The fourth-order valence-corrected chi connectivity index (χ4v) is 5.04. The molecule has 0 spiro atoms. The largest absolute Gasteiger partial charge is 0.309 e. The summed E-state index contributed by atoms with van der Waals surface area (Å²) in [6.07, 6.45) is 9.60. The Morgan fingerprint density at radius 1 is 1.21 bits per heavy atom. The maximum absolute atomic E-state index is 13.4. The number of hydrogen-bond acceptors (Lipinski definition) is 7. The van der Waals surface area contributed by atoms with E-state index in [0.29, 0.717) is 17.9 Å². The lowest BCUT2D eigenvalue weighted by Gasteiger charge is -2.27. The molecule has 1 aliphatic rings. The number of anilines is 1. The molecule has 1 aromatic carbocycles. The van der Waals surface area contributed by atoms with Gasteiger partial charge in [0.2, 0.25) is 5.91 Å². The summed E-state index contributed by atoms with van der Waals surface area (Å²) in [6.45, 7) is 0. The Balaban J connectivity index is 1.71. The monoisotopic (exact) mass is 479 g/mol. The van der Waals surface area contributed by atoms with Crippen molar-refractivity contribution in [2.24, 2.45) is 5.92 Å². The van der Waals surface area contributed by atoms with E-state index in [9.17, 15) is 18.0 Å². The van der Waals surface area contributed by atoms with E-state index in [4.69, 9.17) is 5.26 Å². The molecule has 9 nitrogen and oxygen atoms in total. The van der Waals surface area contributed by atoms with Crippen LogP contribution in [0.1, 0.15) is 50.1 Å². The van der Waals surface area contributed by atoms with Gasteiger partial charge in [0.05, 0.1) is 27.7 Å². The third-order valence-electron chi connectivity index (χ3n) is 6.25. The van der Waals surface area contributed by atoms with Crippen LogP contribution in [0.5, 0.6) is 0 Å². The average Bonchev–Trinajstić information content (AvgIpc) is 2.83. The number of nitrogens with zero attached hydrogens (tertiary/aromatic N) is 4. The first-order valence-electron chi connectivity index (χ1n) is 11.1. The Morgan fingerprint density at radius 2 is 1.97 bits per heavy atom. The summed E-state index contributed by atoms with van der Waals surface area (Å²) in [4.78, 5) is 35.2. The van der Waals surface area contributed by atoms with Crippen LogP contribution in [-0.2, 0) is 14.6 Å². The summed E-state index contributed by atoms with van der Waals surface area (Å²) in [6, 6.07) is 8.46. The van der Waals surface area contributed by atoms with Crippen molar-refractivity contribution < 1.29 is 13.2 Å². The van der Waals surface area contributed by atoms with Crippen LogP contribution in [0, 0.1) is 17.2 Å². The van der Waals surface area contributed by atoms with Crippen molar-refractivity contribution in [1.82, 2.24) is 14.5 Å². The van der Waals surface area contributed by atoms with Gasteiger partial charge in [-0.3, -0.25) is 14.2 Å². The molecule has 0 saturated heterocycles. The second-order valence-corrected chi connectivity index (χ2v) is 10.7. The van der Waals surface area contributed by atoms with Crippen molar-refractivity contribution in [2.75, 3.05) is 11.6 Å². The molecule has 34 heavy (non-hydrogen) atoms. The van der Waals surface area contributed by atoms with Crippen molar-refractivity contribution in [3.63, 3.8) is 0 Å². The zero-order valence-corrected chi connectivity index (χ0v) is 19.6. The molecule has 0 radical (unpaired) electrons. The Hall–Kier alpha value is -3.58. The lowest BCUT2D eigenvalue weighted by molar-refractivity contribution is -0.120. The number of benzene rings is 1. The number of fused-ring (bicyclic) bond motifs is 1. The number of nitriles is 1. The van der Waals surface area contributed by atoms with E-state index in [1.54, 1.807) is 12.1 Å². The van der Waals surface area contributed by atoms with Gasteiger partial charge in [-0.25, -0.2) is 18.4 Å². The molecule has 0 aliphatic heterocycles. The van der Waals surface area contributed by atoms with Gasteiger partial charge in [0.25, 0.3) is 5.56 Å². The van der Waals surface area contributed by atoms with Crippen LogP contribution >= 0.6 is 0 Å². The molecule has 10 heteroatoms. The van der Waals surface area contributed by atoms with Gasteiger partial charge in [0, 0.05) is 12.5 Å². The van der Waals surface area contributed by atoms with Gasteiger partial charge < -0.3 is 5.32 Å². The highest BCUT2D eigenvalue weighted by Crippen LogP contribution is 2.31. The van der Waals surface area contributed by atoms with E-state index in [0.717, 1.165) is 31.9 Å². The van der Waals surface area contributed by atoms with Gasteiger partial charge in [-0.2, -0.15) is 5.26 Å². The first-order chi connectivity index (χ1) is 16.3. The zero-order chi connectivity index (χ0) is 24.3. The Bertz CT molecular complexity index is 1420. The number of amides is 1. The molecule has 1 N–H and O–H groups in total. The predicted octanol–water partition coefficient (Wildman–Crippen LogP) is 3.22. The van der Waals surface area contributed by atoms with Gasteiger partial charge in [0.15, 0.2) is 9.84 Å². The number of carbonyl (C=O) groups excluding carboxylic acids is 1. The summed E-state index contributed by atoms with van der Waals surface area (Å²) >= 11 is 0. The molecule has 4 rings (SSSR count). The molecule has 1 saturated carbocycles. The minimum Gasteiger partial charge on any atom is -0.309 e. The first-order valence-corrected chi connectivity index (χ1v) is 13.0. The van der Waals surface area contributed by atoms with E-state index < -0.39 is 27.3 Å². The van der Waals surface area contributed by atoms with E-state index >= 15 is 0 Å². The Kier molecular flexibility index (Phi) is 6.75. The molecule has 1 fully saturated rings. The molecule has 1 aliphatic carbocycles. The summed E-state index contributed by atoms with van der Waals surface area (Å²) in [5.74, 6) is 0.199. The zero-order valence-electron chi connectivity index (χ0n) is 18.8. The van der Waals surface area contributed by atoms with Gasteiger partial charge in [-0.15, -0.1) is 0 Å². The van der Waals surface area contributed by atoms with Crippen LogP contribution < -0.4 is 10.9 Å². The van der Waals surface area contributed by atoms with E-state index in [2.05, 4.69) is 15.3 Å². The Morgan fingerprint density at radius 3 is 2.62 bits per heavy atom. The minimum atomic E-state index is -3.45. The van der Waals surface area contributed by atoms with Crippen molar-refractivity contribution in [2.45, 2.75) is 49.5 Å². The highest BCUT2D eigenvalue weighted by Gasteiger charge is 2.28. The number of pyridine rings is 1. The lowest BCUT2D eigenvalue weighted by Crippen LogP contribution is -2.35. The molecular formula is C24H25N5O4S. The van der Waals surface area contributed by atoms with E-state index in [1.165, 1.54) is 41.7 Å². The first kappa shape index (κ1) is 23.6. The van der Waals surface area contributed by atoms with Crippen LogP contribution in [0.15, 0.2) is 52.5 Å². The minimum absolute atomic E-state index is 0.0769. The molecule has 2 heterocycles. The molecule has 176 valence electrons. The summed E-state index contributed by atoms with van der Waals surface area (Å²) in [5, 5.41) is 12.0. The topological polar surface area (TPSA) is 135 Å². The number of rotatable bonds is 6. The van der Waals surface area contributed by atoms with Gasteiger partial charge in [0.1, 0.15) is 17.9 Å². The van der Waals surface area contributed by atoms with E-state index in [-0.39, 0.29) is 21.6 Å². The van der Waals surface area contributed by atoms with Gasteiger partial charge in [-0.1, -0.05) is 32.1 Å². The predicted molar refractivity (Wildman–Crippen MR) is 127 cm³/mol.